The fraction of sp³-hybridized carbons (Fsp3) is 0.409. The van der Waals surface area contributed by atoms with Gasteiger partial charge in [-0.25, -0.2) is 4.79 Å². The minimum Gasteiger partial charge on any atom is -0.464 e. The molecule has 1 aliphatic heterocycles. The first-order valence-corrected chi connectivity index (χ1v) is 9.17. The van der Waals surface area contributed by atoms with Crippen molar-refractivity contribution in [2.75, 3.05) is 13.2 Å². The van der Waals surface area contributed by atoms with Crippen LogP contribution in [0.5, 0.6) is 0 Å². The van der Waals surface area contributed by atoms with Crippen molar-refractivity contribution >= 4 is 5.97 Å². The van der Waals surface area contributed by atoms with E-state index >= 15 is 0 Å². The van der Waals surface area contributed by atoms with E-state index < -0.39 is 5.60 Å². The molecule has 1 heterocycles. The van der Waals surface area contributed by atoms with Gasteiger partial charge in [0, 0.05) is 24.9 Å². The molecule has 0 saturated carbocycles. The maximum atomic E-state index is 13.0. The molecule has 0 amide bonds. The standard InChI is InChI=1S/C22H26O4/c1-3-25-21(24)22(14-17-10-6-4-7-11-17)16(2)19(15-23)20(26-22)18-12-8-5-9-13-18/h4-13,16,19-20,23H,3,14-15H2,1-2H3/t16-,19+,20-,22-/m0/s1. The first-order chi connectivity index (χ1) is 12.6. The number of benzene rings is 2. The lowest BCUT2D eigenvalue weighted by Gasteiger charge is -2.31. The molecule has 4 nitrogen and oxygen atoms in total. The molecule has 0 spiro atoms. The van der Waals surface area contributed by atoms with Gasteiger partial charge in [0.1, 0.15) is 0 Å². The third-order valence-corrected chi connectivity index (χ3v) is 5.37. The largest absolute Gasteiger partial charge is 0.464 e. The average Bonchev–Trinajstić information content (AvgIpc) is 2.96. The van der Waals surface area contributed by atoms with Crippen molar-refractivity contribution in [2.45, 2.75) is 32.0 Å². The minimum atomic E-state index is -1.11. The molecule has 0 unspecified atom stereocenters. The molecule has 1 aliphatic rings. The van der Waals surface area contributed by atoms with Crippen LogP contribution in [0.15, 0.2) is 60.7 Å². The number of aliphatic hydroxyl groups excluding tert-OH is 1. The van der Waals surface area contributed by atoms with Gasteiger partial charge in [0.15, 0.2) is 5.60 Å². The number of rotatable bonds is 6. The SMILES string of the molecule is CCOC(=O)[C@@]1(Cc2ccccc2)O[C@@H](c2ccccc2)[C@H](CO)[C@@H]1C. The van der Waals surface area contributed by atoms with Crippen molar-refractivity contribution < 1.29 is 19.4 Å². The Kier molecular flexibility index (Phi) is 5.74. The van der Waals surface area contributed by atoms with E-state index in [1.807, 2.05) is 67.6 Å². The summed E-state index contributed by atoms with van der Waals surface area (Å²) >= 11 is 0. The summed E-state index contributed by atoms with van der Waals surface area (Å²) in [5, 5.41) is 10.0. The Morgan fingerprint density at radius 1 is 1.12 bits per heavy atom. The summed E-state index contributed by atoms with van der Waals surface area (Å²) in [5.41, 5.74) is 0.876. The molecule has 0 bridgehead atoms. The van der Waals surface area contributed by atoms with Crippen molar-refractivity contribution in [3.05, 3.63) is 71.8 Å². The summed E-state index contributed by atoms with van der Waals surface area (Å²) < 4.78 is 11.8. The zero-order valence-electron chi connectivity index (χ0n) is 15.3. The van der Waals surface area contributed by atoms with Gasteiger partial charge in [0.05, 0.1) is 12.7 Å². The minimum absolute atomic E-state index is 0.0450. The van der Waals surface area contributed by atoms with Crippen LogP contribution in [0.4, 0.5) is 0 Å². The Balaban J connectivity index is 2.01. The Morgan fingerprint density at radius 2 is 1.73 bits per heavy atom. The lowest BCUT2D eigenvalue weighted by molar-refractivity contribution is -0.174. The van der Waals surface area contributed by atoms with Crippen LogP contribution in [0.2, 0.25) is 0 Å². The van der Waals surface area contributed by atoms with E-state index in [-0.39, 0.29) is 30.5 Å². The van der Waals surface area contributed by atoms with Crippen molar-refractivity contribution in [1.29, 1.82) is 0 Å². The summed E-state index contributed by atoms with van der Waals surface area (Å²) in [4.78, 5) is 13.0. The van der Waals surface area contributed by atoms with Crippen molar-refractivity contribution in [2.24, 2.45) is 11.8 Å². The monoisotopic (exact) mass is 354 g/mol. The molecule has 2 aromatic carbocycles. The number of esters is 1. The molecule has 4 atom stereocenters. The number of aliphatic hydroxyl groups is 1. The first-order valence-electron chi connectivity index (χ1n) is 9.17. The maximum Gasteiger partial charge on any atom is 0.339 e. The first kappa shape index (κ1) is 18.6. The zero-order valence-corrected chi connectivity index (χ0v) is 15.3. The van der Waals surface area contributed by atoms with E-state index in [0.29, 0.717) is 13.0 Å². The molecule has 2 aromatic rings. The number of carbonyl (C=O) groups is 1. The average molecular weight is 354 g/mol. The second kappa shape index (κ2) is 8.02. The topological polar surface area (TPSA) is 55.8 Å². The zero-order chi connectivity index (χ0) is 18.6. The Morgan fingerprint density at radius 3 is 2.31 bits per heavy atom. The van der Waals surface area contributed by atoms with Crippen LogP contribution in [0.1, 0.15) is 31.1 Å². The molecule has 4 heteroatoms. The second-order valence-electron chi connectivity index (χ2n) is 6.86. The third kappa shape index (κ3) is 3.39. The third-order valence-electron chi connectivity index (χ3n) is 5.37. The molecule has 3 rings (SSSR count). The predicted octanol–water partition coefficient (Wildman–Crippen LogP) is 3.55. The van der Waals surface area contributed by atoms with Crippen LogP contribution in [0.3, 0.4) is 0 Å². The van der Waals surface area contributed by atoms with Gasteiger partial charge >= 0.3 is 5.97 Å². The molecule has 1 fully saturated rings. The highest BCUT2D eigenvalue weighted by Crippen LogP contribution is 2.50. The van der Waals surface area contributed by atoms with Gasteiger partial charge in [-0.1, -0.05) is 67.6 Å². The van der Waals surface area contributed by atoms with E-state index in [1.165, 1.54) is 0 Å². The quantitative estimate of drug-likeness (QED) is 0.806. The van der Waals surface area contributed by atoms with E-state index in [2.05, 4.69) is 0 Å². The normalized spacial score (nSPS) is 28.0. The Labute approximate surface area is 154 Å². The van der Waals surface area contributed by atoms with Gasteiger partial charge in [-0.2, -0.15) is 0 Å². The molecule has 1 N–H and O–H groups in total. The van der Waals surface area contributed by atoms with Gasteiger partial charge in [-0.15, -0.1) is 0 Å². The predicted molar refractivity (Wildman–Crippen MR) is 99.5 cm³/mol. The highest BCUT2D eigenvalue weighted by molar-refractivity contribution is 5.81. The molecule has 0 aromatic heterocycles. The molecule has 26 heavy (non-hydrogen) atoms. The molecule has 1 saturated heterocycles. The van der Waals surface area contributed by atoms with E-state index in [9.17, 15) is 9.90 Å². The molecule has 0 aliphatic carbocycles. The van der Waals surface area contributed by atoms with Crippen LogP contribution in [0, 0.1) is 11.8 Å². The second-order valence-corrected chi connectivity index (χ2v) is 6.86. The molecule has 138 valence electrons. The van der Waals surface area contributed by atoms with Crippen molar-refractivity contribution in [3.8, 4) is 0 Å². The number of carbonyl (C=O) groups excluding carboxylic acids is 1. The van der Waals surface area contributed by atoms with E-state index in [4.69, 9.17) is 9.47 Å². The Bertz CT molecular complexity index is 715. The summed E-state index contributed by atoms with van der Waals surface area (Å²) in [6.45, 7) is 4.03. The number of hydrogen-bond donors (Lipinski definition) is 1. The van der Waals surface area contributed by atoms with E-state index in [0.717, 1.165) is 11.1 Å². The van der Waals surface area contributed by atoms with Crippen LogP contribution >= 0.6 is 0 Å². The number of hydrogen-bond acceptors (Lipinski definition) is 4. The fourth-order valence-corrected chi connectivity index (χ4v) is 3.90. The number of ether oxygens (including phenoxy) is 2. The smallest absolute Gasteiger partial charge is 0.339 e. The van der Waals surface area contributed by atoms with Gasteiger partial charge in [0.2, 0.25) is 0 Å². The van der Waals surface area contributed by atoms with Crippen molar-refractivity contribution in [3.63, 3.8) is 0 Å². The summed E-state index contributed by atoms with van der Waals surface area (Å²) in [5.74, 6) is -0.712. The lowest BCUT2D eigenvalue weighted by atomic mass is 9.77. The maximum absolute atomic E-state index is 13.0. The van der Waals surface area contributed by atoms with Gasteiger partial charge in [-0.3, -0.25) is 0 Å². The molecule has 0 radical (unpaired) electrons. The van der Waals surface area contributed by atoms with Crippen molar-refractivity contribution in [1.82, 2.24) is 0 Å². The van der Waals surface area contributed by atoms with Crippen LogP contribution in [0.25, 0.3) is 0 Å². The highest BCUT2D eigenvalue weighted by Gasteiger charge is 2.58. The highest BCUT2D eigenvalue weighted by atomic mass is 16.6. The van der Waals surface area contributed by atoms with Gasteiger partial charge in [-0.05, 0) is 18.1 Å². The van der Waals surface area contributed by atoms with Crippen LogP contribution in [-0.4, -0.2) is 29.9 Å². The lowest BCUT2D eigenvalue weighted by Crippen LogP contribution is -2.47. The summed E-state index contributed by atoms with van der Waals surface area (Å²) in [7, 11) is 0. The van der Waals surface area contributed by atoms with Crippen LogP contribution in [-0.2, 0) is 20.7 Å². The summed E-state index contributed by atoms with van der Waals surface area (Å²) in [6, 6.07) is 19.6. The van der Waals surface area contributed by atoms with Crippen LogP contribution < -0.4 is 0 Å². The Hall–Kier alpha value is -2.17. The summed E-state index contributed by atoms with van der Waals surface area (Å²) in [6.07, 6.45) is 0.0811. The van der Waals surface area contributed by atoms with E-state index in [1.54, 1.807) is 6.92 Å². The molecular formula is C22H26O4. The fourth-order valence-electron chi connectivity index (χ4n) is 3.90. The van der Waals surface area contributed by atoms with Gasteiger partial charge < -0.3 is 14.6 Å². The van der Waals surface area contributed by atoms with Gasteiger partial charge in [0.25, 0.3) is 0 Å². The molecular weight excluding hydrogens is 328 g/mol.